The van der Waals surface area contributed by atoms with Gasteiger partial charge < -0.3 is 24.2 Å². The molecule has 2 saturated carbocycles. The van der Waals surface area contributed by atoms with Crippen LogP contribution in [0.25, 0.3) is 0 Å². The third kappa shape index (κ3) is 4.37. The van der Waals surface area contributed by atoms with E-state index in [1.807, 2.05) is 17.0 Å². The van der Waals surface area contributed by atoms with Gasteiger partial charge in [-0.1, -0.05) is 19.3 Å². The minimum absolute atomic E-state index is 0.0875. The van der Waals surface area contributed by atoms with E-state index in [9.17, 15) is 9.90 Å². The molecule has 0 aromatic heterocycles. The smallest absolute Gasteiger partial charge is 0.226 e. The number of aliphatic hydroxyl groups excluding tert-OH is 1. The van der Waals surface area contributed by atoms with Crippen molar-refractivity contribution in [2.45, 2.75) is 70.1 Å². The fourth-order valence-electron chi connectivity index (χ4n) is 4.70. The fourth-order valence-corrected chi connectivity index (χ4v) is 4.70. The van der Waals surface area contributed by atoms with E-state index in [4.69, 9.17) is 14.2 Å². The van der Waals surface area contributed by atoms with Crippen molar-refractivity contribution in [1.29, 1.82) is 0 Å². The lowest BCUT2D eigenvalue weighted by Crippen LogP contribution is -2.43. The van der Waals surface area contributed by atoms with Crippen LogP contribution < -0.4 is 14.2 Å². The number of nitrogens with zero attached hydrogens (tertiary/aromatic N) is 1. The standard InChI is InChI=1S/C22H33NO5/c1-26-19-12-11-16(20(27-2)21(19)28-3)14-23(17-8-4-5-9-17)22(25)15-7-6-10-18(24)13-15/h11-12,15,17-18,24H,4-10,13-14H2,1-3H3/t15-,18-/m0/s1. The molecule has 1 amide bonds. The number of ether oxygens (including phenoxy) is 3. The van der Waals surface area contributed by atoms with Crippen molar-refractivity contribution in [2.24, 2.45) is 5.92 Å². The molecule has 3 rings (SSSR count). The first-order valence-electron chi connectivity index (χ1n) is 10.3. The molecule has 0 bridgehead atoms. The molecule has 2 aliphatic rings. The van der Waals surface area contributed by atoms with Crippen molar-refractivity contribution in [3.63, 3.8) is 0 Å². The Hall–Kier alpha value is -1.95. The van der Waals surface area contributed by atoms with E-state index < -0.39 is 0 Å². The van der Waals surface area contributed by atoms with Gasteiger partial charge in [0.15, 0.2) is 11.5 Å². The van der Waals surface area contributed by atoms with Gasteiger partial charge in [-0.05, 0) is 44.2 Å². The molecule has 0 unspecified atom stereocenters. The first-order valence-corrected chi connectivity index (χ1v) is 10.3. The largest absolute Gasteiger partial charge is 0.493 e. The van der Waals surface area contributed by atoms with Crippen LogP contribution in [0, 0.1) is 5.92 Å². The number of benzene rings is 1. The van der Waals surface area contributed by atoms with E-state index in [1.165, 1.54) is 0 Å². The molecular weight excluding hydrogens is 358 g/mol. The summed E-state index contributed by atoms with van der Waals surface area (Å²) < 4.78 is 16.5. The molecule has 6 nitrogen and oxygen atoms in total. The van der Waals surface area contributed by atoms with Crippen molar-refractivity contribution in [3.05, 3.63) is 17.7 Å². The monoisotopic (exact) mass is 391 g/mol. The predicted molar refractivity (Wildman–Crippen MR) is 107 cm³/mol. The minimum atomic E-state index is -0.358. The van der Waals surface area contributed by atoms with E-state index >= 15 is 0 Å². The van der Waals surface area contributed by atoms with Gasteiger partial charge in [-0.15, -0.1) is 0 Å². The number of methoxy groups -OCH3 is 3. The quantitative estimate of drug-likeness (QED) is 0.770. The summed E-state index contributed by atoms with van der Waals surface area (Å²) in [6.07, 6.45) is 7.19. The number of aliphatic hydroxyl groups is 1. The fraction of sp³-hybridized carbons (Fsp3) is 0.682. The average molecular weight is 392 g/mol. The normalized spacial score (nSPS) is 22.7. The molecule has 0 radical (unpaired) electrons. The summed E-state index contributed by atoms with van der Waals surface area (Å²) in [4.78, 5) is 15.5. The zero-order chi connectivity index (χ0) is 20.1. The molecule has 0 aliphatic heterocycles. The van der Waals surface area contributed by atoms with Crippen molar-refractivity contribution in [2.75, 3.05) is 21.3 Å². The van der Waals surface area contributed by atoms with Crippen LogP contribution in [-0.2, 0) is 11.3 Å². The van der Waals surface area contributed by atoms with Crippen LogP contribution in [0.5, 0.6) is 17.2 Å². The van der Waals surface area contributed by atoms with E-state index in [0.29, 0.717) is 30.2 Å². The van der Waals surface area contributed by atoms with Gasteiger partial charge in [-0.25, -0.2) is 0 Å². The van der Waals surface area contributed by atoms with Crippen LogP contribution in [-0.4, -0.2) is 49.4 Å². The Bertz CT molecular complexity index is 671. The Morgan fingerprint density at radius 3 is 2.32 bits per heavy atom. The summed E-state index contributed by atoms with van der Waals surface area (Å²) in [5, 5.41) is 10.1. The van der Waals surface area contributed by atoms with Crippen LogP contribution in [0.4, 0.5) is 0 Å². The zero-order valence-electron chi connectivity index (χ0n) is 17.3. The second-order valence-electron chi connectivity index (χ2n) is 7.92. The molecular formula is C22H33NO5. The van der Waals surface area contributed by atoms with Gasteiger partial charge in [-0.3, -0.25) is 4.79 Å². The molecule has 2 aliphatic carbocycles. The van der Waals surface area contributed by atoms with Crippen molar-refractivity contribution in [1.82, 2.24) is 4.90 Å². The number of amides is 1. The maximum atomic E-state index is 13.4. The number of carbonyl (C=O) groups excluding carboxylic acids is 1. The molecule has 156 valence electrons. The summed E-state index contributed by atoms with van der Waals surface area (Å²) in [6.45, 7) is 0.486. The summed E-state index contributed by atoms with van der Waals surface area (Å²) in [6, 6.07) is 4.06. The Kier molecular flexibility index (Phi) is 7.05. The van der Waals surface area contributed by atoms with Crippen LogP contribution >= 0.6 is 0 Å². The maximum Gasteiger partial charge on any atom is 0.226 e. The molecule has 0 saturated heterocycles. The number of hydrogen-bond acceptors (Lipinski definition) is 5. The Morgan fingerprint density at radius 2 is 1.71 bits per heavy atom. The van der Waals surface area contributed by atoms with Gasteiger partial charge in [0.2, 0.25) is 11.7 Å². The Labute approximate surface area is 167 Å². The Balaban J connectivity index is 1.88. The van der Waals surface area contributed by atoms with Gasteiger partial charge in [0.1, 0.15) is 0 Å². The molecule has 2 fully saturated rings. The Morgan fingerprint density at radius 1 is 1.00 bits per heavy atom. The summed E-state index contributed by atoms with van der Waals surface area (Å²) >= 11 is 0. The molecule has 1 aromatic rings. The SMILES string of the molecule is COc1ccc(CN(C(=O)[C@H]2CCC[C@H](O)C2)C2CCCC2)c(OC)c1OC. The molecule has 28 heavy (non-hydrogen) atoms. The number of rotatable bonds is 7. The number of hydrogen-bond donors (Lipinski definition) is 1. The van der Waals surface area contributed by atoms with E-state index in [2.05, 4.69) is 0 Å². The molecule has 2 atom stereocenters. The first-order chi connectivity index (χ1) is 13.6. The van der Waals surface area contributed by atoms with Gasteiger partial charge >= 0.3 is 0 Å². The van der Waals surface area contributed by atoms with Crippen LogP contribution in [0.15, 0.2) is 12.1 Å². The molecule has 6 heteroatoms. The van der Waals surface area contributed by atoms with Gasteiger partial charge in [-0.2, -0.15) is 0 Å². The van der Waals surface area contributed by atoms with Crippen molar-refractivity contribution < 1.29 is 24.1 Å². The van der Waals surface area contributed by atoms with Crippen molar-refractivity contribution in [3.8, 4) is 17.2 Å². The highest BCUT2D eigenvalue weighted by Crippen LogP contribution is 2.41. The average Bonchev–Trinajstić information content (AvgIpc) is 3.25. The third-order valence-corrected chi connectivity index (χ3v) is 6.17. The summed E-state index contributed by atoms with van der Waals surface area (Å²) in [7, 11) is 4.80. The lowest BCUT2D eigenvalue weighted by Gasteiger charge is -2.35. The van der Waals surface area contributed by atoms with Gasteiger partial charge in [0.25, 0.3) is 0 Å². The highest BCUT2D eigenvalue weighted by molar-refractivity contribution is 5.79. The minimum Gasteiger partial charge on any atom is -0.493 e. The van der Waals surface area contributed by atoms with E-state index in [0.717, 1.165) is 50.5 Å². The topological polar surface area (TPSA) is 68.2 Å². The molecule has 1 aromatic carbocycles. The van der Waals surface area contributed by atoms with E-state index in [-0.39, 0.29) is 24.0 Å². The van der Waals surface area contributed by atoms with Crippen molar-refractivity contribution >= 4 is 5.91 Å². The van der Waals surface area contributed by atoms with Gasteiger partial charge in [0.05, 0.1) is 27.4 Å². The molecule has 0 heterocycles. The van der Waals surface area contributed by atoms with Crippen LogP contribution in [0.3, 0.4) is 0 Å². The molecule has 1 N–H and O–H groups in total. The predicted octanol–water partition coefficient (Wildman–Crippen LogP) is 3.53. The third-order valence-electron chi connectivity index (χ3n) is 6.17. The lowest BCUT2D eigenvalue weighted by atomic mass is 9.86. The highest BCUT2D eigenvalue weighted by atomic mass is 16.5. The zero-order valence-corrected chi connectivity index (χ0v) is 17.3. The summed E-state index contributed by atoms with van der Waals surface area (Å²) in [5.41, 5.74) is 0.914. The number of carbonyl (C=O) groups is 1. The summed E-state index contributed by atoms with van der Waals surface area (Å²) in [5.74, 6) is 1.85. The lowest BCUT2D eigenvalue weighted by molar-refractivity contribution is -0.141. The maximum absolute atomic E-state index is 13.4. The molecule has 0 spiro atoms. The van der Waals surface area contributed by atoms with E-state index in [1.54, 1.807) is 21.3 Å². The van der Waals surface area contributed by atoms with Gasteiger partial charge in [0, 0.05) is 24.1 Å². The first kappa shape index (κ1) is 20.8. The highest BCUT2D eigenvalue weighted by Gasteiger charge is 2.34. The van der Waals surface area contributed by atoms with Crippen LogP contribution in [0.1, 0.15) is 56.9 Å². The second-order valence-corrected chi connectivity index (χ2v) is 7.92. The van der Waals surface area contributed by atoms with Crippen LogP contribution in [0.2, 0.25) is 0 Å². The second kappa shape index (κ2) is 9.50.